The molecule has 0 N–H and O–H groups in total. The van der Waals surface area contributed by atoms with Gasteiger partial charge in [-0.05, 0) is 52.1 Å². The Morgan fingerprint density at radius 3 is 1.39 bits per heavy atom. The molecular weight excluding hydrogens is 615 g/mol. The van der Waals surface area contributed by atoms with Crippen molar-refractivity contribution in [3.8, 4) is 67.5 Å². The van der Waals surface area contributed by atoms with Crippen molar-refractivity contribution in [1.82, 2.24) is 15.0 Å². The molecule has 7 aromatic carbocycles. The van der Waals surface area contributed by atoms with Gasteiger partial charge in [-0.1, -0.05) is 152 Å². The minimum Gasteiger partial charge on any atom is -0.208 e. The third kappa shape index (κ3) is 5.58. The van der Waals surface area contributed by atoms with Crippen LogP contribution in [0.5, 0.6) is 0 Å². The number of aromatic nitrogens is 3. The van der Waals surface area contributed by atoms with Gasteiger partial charge in [0.25, 0.3) is 0 Å². The van der Waals surface area contributed by atoms with Crippen molar-refractivity contribution in [3.05, 3.63) is 176 Å². The van der Waals surface area contributed by atoms with Gasteiger partial charge < -0.3 is 0 Å². The van der Waals surface area contributed by atoms with Crippen molar-refractivity contribution in [1.29, 1.82) is 0 Å². The van der Waals surface area contributed by atoms with Crippen LogP contribution in [0.2, 0.25) is 0 Å². The highest BCUT2D eigenvalue weighted by Gasteiger charge is 2.17. The van der Waals surface area contributed by atoms with Gasteiger partial charge in [-0.25, -0.2) is 15.0 Å². The third-order valence-corrected chi connectivity index (χ3v) is 10.1. The zero-order valence-corrected chi connectivity index (χ0v) is 27.3. The molecule has 0 aliphatic heterocycles. The Kier molecular flexibility index (Phi) is 7.34. The molecule has 0 amide bonds. The molecule has 0 aliphatic rings. The second-order valence-electron chi connectivity index (χ2n) is 12.1. The fourth-order valence-corrected chi connectivity index (χ4v) is 7.72. The largest absolute Gasteiger partial charge is 0.208 e. The number of nitrogens with zero attached hydrogens (tertiary/aromatic N) is 3. The molecule has 0 bridgehead atoms. The lowest BCUT2D eigenvalue weighted by atomic mass is 9.95. The summed E-state index contributed by atoms with van der Waals surface area (Å²) in [5.41, 5.74) is 10.0. The molecule has 9 rings (SSSR count). The Hall–Kier alpha value is -6.23. The topological polar surface area (TPSA) is 38.7 Å². The van der Waals surface area contributed by atoms with Gasteiger partial charge in [0.15, 0.2) is 17.5 Å². The molecule has 4 heteroatoms. The van der Waals surface area contributed by atoms with E-state index in [1.54, 1.807) is 0 Å². The van der Waals surface area contributed by atoms with Crippen molar-refractivity contribution in [3.63, 3.8) is 0 Å². The molecule has 0 saturated carbocycles. The number of hydrogen-bond acceptors (Lipinski definition) is 4. The molecule has 0 unspecified atom stereocenters. The number of benzene rings is 7. The first-order valence-corrected chi connectivity index (χ1v) is 17.2. The lowest BCUT2D eigenvalue weighted by molar-refractivity contribution is 1.07. The maximum atomic E-state index is 5.02. The standard InChI is InChI=1S/C45H29N3S/c1-5-14-30(15-6-1)34-24-25-38-40-28-37(31-16-7-2-8-17-31)27-39(42(40)49-41(38)29-34)35-22-13-23-36(26-35)45-47-43(32-18-9-3-10-19-32)46-44(48-45)33-20-11-4-12-21-33/h1-29H. The Morgan fingerprint density at radius 2 is 0.796 bits per heavy atom. The maximum Gasteiger partial charge on any atom is 0.164 e. The normalized spacial score (nSPS) is 11.3. The number of rotatable bonds is 6. The number of fused-ring (bicyclic) bond motifs is 3. The molecule has 230 valence electrons. The molecule has 0 fully saturated rings. The van der Waals surface area contributed by atoms with Crippen LogP contribution in [0.4, 0.5) is 0 Å². The van der Waals surface area contributed by atoms with Crippen molar-refractivity contribution >= 4 is 31.5 Å². The fourth-order valence-electron chi connectivity index (χ4n) is 6.46. The Morgan fingerprint density at radius 1 is 0.306 bits per heavy atom. The summed E-state index contributed by atoms with van der Waals surface area (Å²) in [5, 5.41) is 2.53. The summed E-state index contributed by atoms with van der Waals surface area (Å²) in [5.74, 6) is 1.96. The van der Waals surface area contributed by atoms with Crippen molar-refractivity contribution < 1.29 is 0 Å². The second kappa shape index (κ2) is 12.4. The minimum atomic E-state index is 0.647. The Labute approximate surface area is 288 Å². The van der Waals surface area contributed by atoms with Gasteiger partial charge in [-0.2, -0.15) is 0 Å². The first-order valence-electron chi connectivity index (χ1n) is 16.4. The van der Waals surface area contributed by atoms with E-state index in [9.17, 15) is 0 Å². The highest BCUT2D eigenvalue weighted by molar-refractivity contribution is 7.26. The molecule has 3 nitrogen and oxygen atoms in total. The van der Waals surface area contributed by atoms with E-state index in [-0.39, 0.29) is 0 Å². The first kappa shape index (κ1) is 29.0. The van der Waals surface area contributed by atoms with E-state index in [4.69, 9.17) is 15.0 Å². The van der Waals surface area contributed by atoms with Crippen LogP contribution in [-0.4, -0.2) is 15.0 Å². The summed E-state index contributed by atoms with van der Waals surface area (Å²) in [7, 11) is 0. The molecule has 0 spiro atoms. The van der Waals surface area contributed by atoms with Gasteiger partial charge in [0.05, 0.1) is 0 Å². The average Bonchev–Trinajstić information content (AvgIpc) is 3.57. The summed E-state index contributed by atoms with van der Waals surface area (Å²) in [4.78, 5) is 14.9. The monoisotopic (exact) mass is 643 g/mol. The second-order valence-corrected chi connectivity index (χ2v) is 13.1. The lowest BCUT2D eigenvalue weighted by Crippen LogP contribution is -2.00. The minimum absolute atomic E-state index is 0.647. The summed E-state index contributed by atoms with van der Waals surface area (Å²) in [6, 6.07) is 61.7. The van der Waals surface area contributed by atoms with E-state index < -0.39 is 0 Å². The quantitative estimate of drug-likeness (QED) is 0.181. The number of hydrogen-bond donors (Lipinski definition) is 0. The van der Waals surface area contributed by atoms with Gasteiger partial charge in [0.2, 0.25) is 0 Å². The smallest absolute Gasteiger partial charge is 0.164 e. The van der Waals surface area contributed by atoms with Crippen LogP contribution in [0.15, 0.2) is 176 Å². The molecule has 0 radical (unpaired) electrons. The Bertz CT molecular complexity index is 2520. The van der Waals surface area contributed by atoms with Crippen LogP contribution in [0.25, 0.3) is 87.7 Å². The molecular formula is C45H29N3S. The van der Waals surface area contributed by atoms with Crippen molar-refractivity contribution in [2.24, 2.45) is 0 Å². The van der Waals surface area contributed by atoms with Crippen LogP contribution < -0.4 is 0 Å². The zero-order chi connectivity index (χ0) is 32.6. The summed E-state index contributed by atoms with van der Waals surface area (Å²) >= 11 is 1.86. The van der Waals surface area contributed by atoms with Crippen LogP contribution in [0, 0.1) is 0 Å². The highest BCUT2D eigenvalue weighted by atomic mass is 32.1. The zero-order valence-electron chi connectivity index (χ0n) is 26.5. The van der Waals surface area contributed by atoms with Crippen molar-refractivity contribution in [2.75, 3.05) is 0 Å². The van der Waals surface area contributed by atoms with Gasteiger partial charge >= 0.3 is 0 Å². The molecule has 0 saturated heterocycles. The van der Waals surface area contributed by atoms with Crippen LogP contribution in [-0.2, 0) is 0 Å². The lowest BCUT2D eigenvalue weighted by Gasteiger charge is -2.11. The maximum absolute atomic E-state index is 5.02. The Balaban J connectivity index is 1.24. The highest BCUT2D eigenvalue weighted by Crippen LogP contribution is 2.44. The van der Waals surface area contributed by atoms with Crippen LogP contribution >= 0.6 is 11.3 Å². The van der Waals surface area contributed by atoms with Crippen LogP contribution in [0.3, 0.4) is 0 Å². The van der Waals surface area contributed by atoms with E-state index in [0.29, 0.717) is 17.5 Å². The molecule has 2 heterocycles. The molecule has 9 aromatic rings. The van der Waals surface area contributed by atoms with Gasteiger partial charge in [0, 0.05) is 42.4 Å². The molecule has 0 aliphatic carbocycles. The average molecular weight is 644 g/mol. The van der Waals surface area contributed by atoms with E-state index in [1.807, 2.05) is 72.0 Å². The predicted molar refractivity (Wildman–Crippen MR) is 205 cm³/mol. The van der Waals surface area contributed by atoms with E-state index in [2.05, 4.69) is 115 Å². The summed E-state index contributed by atoms with van der Waals surface area (Å²) in [6.45, 7) is 0. The van der Waals surface area contributed by atoms with E-state index in [1.165, 1.54) is 48.0 Å². The molecule has 0 atom stereocenters. The summed E-state index contributed by atoms with van der Waals surface area (Å²) < 4.78 is 2.54. The van der Waals surface area contributed by atoms with Crippen molar-refractivity contribution in [2.45, 2.75) is 0 Å². The van der Waals surface area contributed by atoms with Crippen LogP contribution in [0.1, 0.15) is 0 Å². The van der Waals surface area contributed by atoms with Gasteiger partial charge in [-0.3, -0.25) is 0 Å². The molecule has 49 heavy (non-hydrogen) atoms. The fraction of sp³-hybridized carbons (Fsp3) is 0. The number of thiophene rings is 1. The third-order valence-electron chi connectivity index (χ3n) is 8.92. The predicted octanol–water partition coefficient (Wildman–Crippen LogP) is 12.2. The molecule has 2 aromatic heterocycles. The van der Waals surface area contributed by atoms with Gasteiger partial charge in [-0.15, -0.1) is 11.3 Å². The van der Waals surface area contributed by atoms with E-state index >= 15 is 0 Å². The SMILES string of the molecule is c1ccc(-c2ccc3c(c2)sc2c(-c4cccc(-c5nc(-c6ccccc6)nc(-c6ccccc6)n5)c4)cc(-c4ccccc4)cc23)cc1. The van der Waals surface area contributed by atoms with Gasteiger partial charge in [0.1, 0.15) is 0 Å². The first-order chi connectivity index (χ1) is 24.3. The van der Waals surface area contributed by atoms with E-state index in [0.717, 1.165) is 22.3 Å². The summed E-state index contributed by atoms with van der Waals surface area (Å²) in [6.07, 6.45) is 0.